The molecule has 1 heterocycles. The Morgan fingerprint density at radius 1 is 1.19 bits per heavy atom. The number of rotatable bonds is 5. The lowest BCUT2D eigenvalue weighted by Gasteiger charge is -2.28. The van der Waals surface area contributed by atoms with Crippen molar-refractivity contribution in [3.8, 4) is 5.75 Å². The van der Waals surface area contributed by atoms with Crippen LogP contribution in [0, 0.1) is 10.1 Å². The Morgan fingerprint density at radius 2 is 1.81 bits per heavy atom. The summed E-state index contributed by atoms with van der Waals surface area (Å²) in [5.41, 5.74) is 1.05. The Hall–Kier alpha value is -2.81. The van der Waals surface area contributed by atoms with Crippen LogP contribution in [-0.2, 0) is 9.67 Å². The molecule has 1 aliphatic rings. The van der Waals surface area contributed by atoms with Crippen molar-refractivity contribution >= 4 is 23.2 Å². The average Bonchev–Trinajstić information content (AvgIpc) is 2.84. The number of nitrogens with zero attached hydrogens (tertiary/aromatic N) is 1. The topological polar surface area (TPSA) is 81.5 Å². The number of hydrogen-bond donors (Lipinski definition) is 1. The van der Waals surface area contributed by atoms with Crippen LogP contribution in [0.25, 0.3) is 0 Å². The summed E-state index contributed by atoms with van der Waals surface area (Å²) in [6.45, 7) is -0.690. The molecule has 0 aliphatic carbocycles. The van der Waals surface area contributed by atoms with Crippen LogP contribution in [0.4, 0.5) is 18.9 Å². The van der Waals surface area contributed by atoms with Gasteiger partial charge in [-0.05, 0) is 23.8 Å². The fourth-order valence-corrected chi connectivity index (χ4v) is 3.51. The molecule has 0 saturated heterocycles. The van der Waals surface area contributed by atoms with E-state index in [1.54, 1.807) is 24.3 Å². The molecule has 0 radical (unpaired) electrons. The summed E-state index contributed by atoms with van der Waals surface area (Å²) in [4.78, 5) is 21.4. The smallest absolute Gasteiger partial charge is 0.406 e. The van der Waals surface area contributed by atoms with Crippen molar-refractivity contribution in [1.29, 1.82) is 0 Å². The molecule has 6 nitrogen and oxygen atoms in total. The second-order valence-electron chi connectivity index (χ2n) is 5.90. The quantitative estimate of drug-likeness (QED) is 0.466. The fraction of sp³-hybridized carbons (Fsp3) is 0.235. The first-order valence-electron chi connectivity index (χ1n) is 7.68. The number of nitrogens with one attached hydrogen (secondary N) is 1. The summed E-state index contributed by atoms with van der Waals surface area (Å²) < 4.78 is 40.7. The summed E-state index contributed by atoms with van der Waals surface area (Å²) >= 11 is 6.61. The molecule has 142 valence electrons. The third kappa shape index (κ3) is 3.68. The lowest BCUT2D eigenvalue weighted by molar-refractivity contribution is -0.484. The number of benzene rings is 2. The van der Waals surface area contributed by atoms with Crippen molar-refractivity contribution in [3.63, 3.8) is 0 Å². The highest BCUT2D eigenvalue weighted by atomic mass is 35.5. The van der Waals surface area contributed by atoms with E-state index in [2.05, 4.69) is 10.1 Å². The van der Waals surface area contributed by atoms with Crippen molar-refractivity contribution in [2.24, 2.45) is 0 Å². The van der Waals surface area contributed by atoms with Crippen molar-refractivity contribution in [2.75, 3.05) is 11.9 Å². The number of carbonyl (C=O) groups excluding carboxylic acids is 1. The summed E-state index contributed by atoms with van der Waals surface area (Å²) in [6, 6.07) is 11.0. The van der Waals surface area contributed by atoms with E-state index in [4.69, 9.17) is 11.6 Å². The number of para-hydroxylation sites is 1. The van der Waals surface area contributed by atoms with Crippen LogP contribution in [0.2, 0.25) is 0 Å². The molecule has 10 heteroatoms. The molecular weight excluding hydrogens is 389 g/mol. The molecule has 0 bridgehead atoms. The van der Waals surface area contributed by atoms with Gasteiger partial charge in [-0.3, -0.25) is 14.9 Å². The molecule has 0 aromatic heterocycles. The van der Waals surface area contributed by atoms with Crippen LogP contribution in [0.15, 0.2) is 48.5 Å². The van der Waals surface area contributed by atoms with E-state index in [0.717, 1.165) is 12.1 Å². The maximum absolute atomic E-state index is 12.6. The minimum atomic E-state index is -4.86. The van der Waals surface area contributed by atoms with Gasteiger partial charge in [0.05, 0.1) is 5.92 Å². The number of fused-ring (bicyclic) bond motifs is 1. The van der Waals surface area contributed by atoms with Gasteiger partial charge in [0.2, 0.25) is 6.54 Å². The van der Waals surface area contributed by atoms with Crippen molar-refractivity contribution in [3.05, 3.63) is 69.8 Å². The first kappa shape index (κ1) is 19.0. The van der Waals surface area contributed by atoms with Crippen LogP contribution in [0.3, 0.4) is 0 Å². The minimum Gasteiger partial charge on any atom is -0.406 e. The fourth-order valence-electron chi connectivity index (χ4n) is 3.10. The van der Waals surface area contributed by atoms with Crippen LogP contribution >= 0.6 is 11.6 Å². The molecule has 1 aliphatic heterocycles. The Labute approximate surface area is 156 Å². The molecule has 27 heavy (non-hydrogen) atoms. The van der Waals surface area contributed by atoms with E-state index in [0.29, 0.717) is 11.3 Å². The van der Waals surface area contributed by atoms with E-state index in [-0.39, 0.29) is 5.56 Å². The summed E-state index contributed by atoms with van der Waals surface area (Å²) in [7, 11) is 0. The van der Waals surface area contributed by atoms with Gasteiger partial charge in [-0.15, -0.1) is 24.8 Å². The van der Waals surface area contributed by atoms with Gasteiger partial charge in [0, 0.05) is 16.2 Å². The minimum absolute atomic E-state index is 0.239. The van der Waals surface area contributed by atoms with E-state index in [1.165, 1.54) is 12.1 Å². The number of nitro groups is 1. The second kappa shape index (κ2) is 6.73. The monoisotopic (exact) mass is 400 g/mol. The SMILES string of the molecule is O=C1Nc2ccccc2[C@]1(Cl)[C@H](C[N+](=O)[O-])c1ccc(OC(F)(F)F)cc1. The Morgan fingerprint density at radius 3 is 2.41 bits per heavy atom. The third-order valence-electron chi connectivity index (χ3n) is 4.23. The van der Waals surface area contributed by atoms with Gasteiger partial charge in [-0.25, -0.2) is 0 Å². The summed E-state index contributed by atoms with van der Waals surface area (Å²) in [6.07, 6.45) is -4.86. The van der Waals surface area contributed by atoms with Crippen LogP contribution < -0.4 is 10.1 Å². The molecule has 1 N–H and O–H groups in total. The molecule has 0 fully saturated rings. The van der Waals surface area contributed by atoms with Gasteiger partial charge in [-0.2, -0.15) is 0 Å². The molecule has 3 rings (SSSR count). The zero-order valence-electron chi connectivity index (χ0n) is 13.5. The van der Waals surface area contributed by atoms with Gasteiger partial charge in [0.1, 0.15) is 5.75 Å². The van der Waals surface area contributed by atoms with E-state index in [1.807, 2.05) is 0 Å². The first-order chi connectivity index (χ1) is 12.6. The largest absolute Gasteiger partial charge is 0.573 e. The van der Waals surface area contributed by atoms with Crippen LogP contribution in [-0.4, -0.2) is 23.7 Å². The molecule has 0 saturated carbocycles. The number of ether oxygens (including phenoxy) is 1. The normalized spacial score (nSPS) is 19.9. The third-order valence-corrected chi connectivity index (χ3v) is 4.86. The maximum Gasteiger partial charge on any atom is 0.573 e. The van der Waals surface area contributed by atoms with Crippen LogP contribution in [0.5, 0.6) is 5.75 Å². The molecule has 0 spiro atoms. The average molecular weight is 401 g/mol. The number of alkyl halides is 4. The predicted molar refractivity (Wildman–Crippen MR) is 90.3 cm³/mol. The van der Waals surface area contributed by atoms with E-state index < -0.39 is 40.3 Å². The Kier molecular flexibility index (Phi) is 4.73. The highest BCUT2D eigenvalue weighted by Gasteiger charge is 2.53. The highest BCUT2D eigenvalue weighted by Crippen LogP contribution is 2.50. The molecule has 2 atom stereocenters. The molecule has 2 aromatic carbocycles. The summed E-state index contributed by atoms with van der Waals surface area (Å²) in [5, 5.41) is 13.8. The molecular formula is C17H12ClF3N2O4. The van der Waals surface area contributed by atoms with Gasteiger partial charge >= 0.3 is 6.36 Å². The van der Waals surface area contributed by atoms with Gasteiger partial charge in [0.15, 0.2) is 4.87 Å². The van der Waals surface area contributed by atoms with Crippen LogP contribution in [0.1, 0.15) is 17.0 Å². The van der Waals surface area contributed by atoms with Crippen molar-refractivity contribution in [1.82, 2.24) is 0 Å². The summed E-state index contributed by atoms with van der Waals surface area (Å²) in [5.74, 6) is -2.23. The number of hydrogen-bond acceptors (Lipinski definition) is 4. The zero-order valence-corrected chi connectivity index (χ0v) is 14.3. The standard InChI is InChI=1S/C17H12ClF3N2O4/c18-16(12-3-1-2-4-14(12)22-15(16)24)13(9-23(25)26)10-5-7-11(8-6-10)27-17(19,20)21/h1-8,13H,9H2,(H,22,24)/t13-,16+/m1/s1. The molecule has 2 aromatic rings. The number of anilines is 1. The van der Waals surface area contributed by atoms with E-state index >= 15 is 0 Å². The number of amides is 1. The second-order valence-corrected chi connectivity index (χ2v) is 6.49. The molecule has 0 unspecified atom stereocenters. The highest BCUT2D eigenvalue weighted by molar-refractivity contribution is 6.39. The predicted octanol–water partition coefficient (Wildman–Crippen LogP) is 4.03. The van der Waals surface area contributed by atoms with Gasteiger partial charge in [0.25, 0.3) is 5.91 Å². The Bertz CT molecular complexity index is 888. The Balaban J connectivity index is 2.02. The first-order valence-corrected chi connectivity index (χ1v) is 8.06. The van der Waals surface area contributed by atoms with E-state index in [9.17, 15) is 28.1 Å². The maximum atomic E-state index is 12.6. The van der Waals surface area contributed by atoms with Gasteiger partial charge in [-0.1, -0.05) is 30.3 Å². The van der Waals surface area contributed by atoms with Crippen molar-refractivity contribution < 1.29 is 27.6 Å². The lowest BCUT2D eigenvalue weighted by atomic mass is 9.81. The lowest BCUT2D eigenvalue weighted by Crippen LogP contribution is -2.38. The number of halogens is 4. The van der Waals surface area contributed by atoms with Crippen molar-refractivity contribution in [2.45, 2.75) is 17.2 Å². The number of carbonyl (C=O) groups is 1. The zero-order chi connectivity index (χ0) is 19.8. The van der Waals surface area contributed by atoms with Gasteiger partial charge < -0.3 is 10.1 Å². The molecule has 1 amide bonds.